The predicted octanol–water partition coefficient (Wildman–Crippen LogP) is 3.69. The molecule has 1 amide bonds. The minimum Gasteiger partial charge on any atom is -0.352 e. The molecule has 0 aliphatic heterocycles. The maximum atomic E-state index is 11.5. The number of amides is 1. The van der Waals surface area contributed by atoms with E-state index in [-0.39, 0.29) is 12.3 Å². The van der Waals surface area contributed by atoms with Crippen molar-refractivity contribution in [2.45, 2.75) is 83.1 Å². The highest BCUT2D eigenvalue weighted by Gasteiger charge is 2.12. The molecule has 0 atom stereocenters. The third-order valence-corrected chi connectivity index (χ3v) is 3.71. The van der Waals surface area contributed by atoms with Gasteiger partial charge in [-0.25, -0.2) is 0 Å². The zero-order valence-electron chi connectivity index (χ0n) is 11.4. The maximum absolute atomic E-state index is 11.5. The lowest BCUT2D eigenvalue weighted by Gasteiger charge is -2.18. The van der Waals surface area contributed by atoms with Gasteiger partial charge in [-0.2, -0.15) is 5.26 Å². The van der Waals surface area contributed by atoms with Crippen LogP contribution in [-0.2, 0) is 4.79 Å². The van der Waals surface area contributed by atoms with Crippen molar-refractivity contribution in [3.8, 4) is 6.07 Å². The molecule has 1 aliphatic carbocycles. The second-order valence-electron chi connectivity index (χ2n) is 5.36. The largest absolute Gasteiger partial charge is 0.352 e. The fourth-order valence-corrected chi connectivity index (χ4v) is 2.66. The van der Waals surface area contributed by atoms with Gasteiger partial charge >= 0.3 is 0 Å². The van der Waals surface area contributed by atoms with Gasteiger partial charge in [-0.15, -0.1) is 0 Å². The fourth-order valence-electron chi connectivity index (χ4n) is 2.66. The SMILES string of the molecule is N#CCC(=O)NC1CCCCCCCCCCC1. The molecule has 1 aliphatic rings. The average Bonchev–Trinajstić information content (AvgIpc) is 2.33. The summed E-state index contributed by atoms with van der Waals surface area (Å²) in [7, 11) is 0. The van der Waals surface area contributed by atoms with E-state index in [0.29, 0.717) is 6.04 Å². The topological polar surface area (TPSA) is 52.9 Å². The van der Waals surface area contributed by atoms with Gasteiger partial charge in [0.15, 0.2) is 0 Å². The quantitative estimate of drug-likeness (QED) is 0.812. The first-order valence-corrected chi connectivity index (χ1v) is 7.49. The highest BCUT2D eigenvalue weighted by atomic mass is 16.1. The van der Waals surface area contributed by atoms with E-state index in [0.717, 1.165) is 12.8 Å². The summed E-state index contributed by atoms with van der Waals surface area (Å²) >= 11 is 0. The Balaban J connectivity index is 2.32. The van der Waals surface area contributed by atoms with Crippen LogP contribution in [-0.4, -0.2) is 11.9 Å². The third-order valence-electron chi connectivity index (χ3n) is 3.71. The Hall–Kier alpha value is -1.04. The normalized spacial score (nSPS) is 20.2. The summed E-state index contributed by atoms with van der Waals surface area (Å²) in [5.74, 6) is -0.102. The first-order chi connectivity index (χ1) is 8.83. The van der Waals surface area contributed by atoms with Gasteiger partial charge in [0.1, 0.15) is 6.42 Å². The number of nitrogens with one attached hydrogen (secondary N) is 1. The van der Waals surface area contributed by atoms with Crippen molar-refractivity contribution in [3.63, 3.8) is 0 Å². The maximum Gasteiger partial charge on any atom is 0.234 e. The van der Waals surface area contributed by atoms with Gasteiger partial charge in [-0.05, 0) is 12.8 Å². The number of carbonyl (C=O) groups excluding carboxylic acids is 1. The Morgan fingerprint density at radius 3 is 1.83 bits per heavy atom. The molecule has 0 spiro atoms. The van der Waals surface area contributed by atoms with E-state index in [4.69, 9.17) is 5.26 Å². The summed E-state index contributed by atoms with van der Waals surface area (Å²) < 4.78 is 0. The van der Waals surface area contributed by atoms with Gasteiger partial charge < -0.3 is 5.32 Å². The summed E-state index contributed by atoms with van der Waals surface area (Å²) in [5, 5.41) is 11.5. The number of hydrogen-bond acceptors (Lipinski definition) is 2. The van der Waals surface area contributed by atoms with Crippen molar-refractivity contribution in [2.24, 2.45) is 0 Å². The van der Waals surface area contributed by atoms with E-state index in [9.17, 15) is 4.79 Å². The second-order valence-corrected chi connectivity index (χ2v) is 5.36. The molecule has 102 valence electrons. The lowest BCUT2D eigenvalue weighted by atomic mass is 9.98. The standard InChI is InChI=1S/C15H26N2O/c16-13-12-15(18)17-14-10-8-6-4-2-1-3-5-7-9-11-14/h14H,1-12H2,(H,17,18). The van der Waals surface area contributed by atoms with Crippen molar-refractivity contribution in [1.82, 2.24) is 5.32 Å². The van der Waals surface area contributed by atoms with Gasteiger partial charge in [0.05, 0.1) is 6.07 Å². The molecule has 0 heterocycles. The number of nitrogens with zero attached hydrogens (tertiary/aromatic N) is 1. The minimum absolute atomic E-state index is 0.00347. The van der Waals surface area contributed by atoms with Gasteiger partial charge in [0, 0.05) is 6.04 Å². The Labute approximate surface area is 111 Å². The molecule has 0 aromatic rings. The van der Waals surface area contributed by atoms with Crippen LogP contribution in [0.4, 0.5) is 0 Å². The first kappa shape index (κ1) is 15.0. The summed E-state index contributed by atoms with van der Waals surface area (Å²) in [6, 6.07) is 2.21. The Morgan fingerprint density at radius 2 is 1.39 bits per heavy atom. The van der Waals surface area contributed by atoms with Gasteiger partial charge in [0.2, 0.25) is 5.91 Å². The Morgan fingerprint density at radius 1 is 0.944 bits per heavy atom. The van der Waals surface area contributed by atoms with Gasteiger partial charge in [-0.3, -0.25) is 4.79 Å². The van der Waals surface area contributed by atoms with Crippen molar-refractivity contribution >= 4 is 5.91 Å². The van der Waals surface area contributed by atoms with Crippen LogP contribution in [0.2, 0.25) is 0 Å². The first-order valence-electron chi connectivity index (χ1n) is 7.49. The number of nitriles is 1. The Kier molecular flexibility index (Phi) is 8.29. The summed E-state index contributed by atoms with van der Waals surface area (Å²) in [4.78, 5) is 11.5. The second kappa shape index (κ2) is 9.94. The van der Waals surface area contributed by atoms with Crippen LogP contribution in [0.3, 0.4) is 0 Å². The lowest BCUT2D eigenvalue weighted by molar-refractivity contribution is -0.120. The molecule has 3 heteroatoms. The average molecular weight is 250 g/mol. The van der Waals surface area contributed by atoms with E-state index in [1.165, 1.54) is 57.8 Å². The van der Waals surface area contributed by atoms with Crippen LogP contribution in [0, 0.1) is 11.3 Å². The van der Waals surface area contributed by atoms with Crippen LogP contribution in [0.5, 0.6) is 0 Å². The van der Waals surface area contributed by atoms with Gasteiger partial charge in [-0.1, -0.05) is 57.8 Å². The molecule has 0 saturated heterocycles. The van der Waals surface area contributed by atoms with Crippen LogP contribution < -0.4 is 5.32 Å². The smallest absolute Gasteiger partial charge is 0.234 e. The molecule has 0 aromatic heterocycles. The number of hydrogen-bond donors (Lipinski definition) is 1. The summed E-state index contributed by atoms with van der Waals surface area (Å²) in [6.07, 6.45) is 13.9. The van der Waals surface area contributed by atoms with Crippen molar-refractivity contribution in [2.75, 3.05) is 0 Å². The van der Waals surface area contributed by atoms with Crippen molar-refractivity contribution < 1.29 is 4.79 Å². The third kappa shape index (κ3) is 7.32. The van der Waals surface area contributed by atoms with E-state index in [1.807, 2.05) is 6.07 Å². The van der Waals surface area contributed by atoms with Crippen molar-refractivity contribution in [1.29, 1.82) is 5.26 Å². The molecule has 18 heavy (non-hydrogen) atoms. The zero-order valence-corrected chi connectivity index (χ0v) is 11.4. The van der Waals surface area contributed by atoms with Crippen LogP contribution >= 0.6 is 0 Å². The van der Waals surface area contributed by atoms with E-state index in [1.54, 1.807) is 0 Å². The van der Waals surface area contributed by atoms with Crippen LogP contribution in [0.1, 0.15) is 77.0 Å². The molecule has 1 fully saturated rings. The highest BCUT2D eigenvalue weighted by Crippen LogP contribution is 2.16. The predicted molar refractivity (Wildman–Crippen MR) is 72.9 cm³/mol. The van der Waals surface area contributed by atoms with Gasteiger partial charge in [0.25, 0.3) is 0 Å². The molecule has 0 bridgehead atoms. The minimum atomic E-state index is -0.102. The molecule has 3 nitrogen and oxygen atoms in total. The van der Waals surface area contributed by atoms with Crippen molar-refractivity contribution in [3.05, 3.63) is 0 Å². The van der Waals surface area contributed by atoms with E-state index < -0.39 is 0 Å². The Bertz CT molecular complexity index is 258. The zero-order chi connectivity index (χ0) is 13.1. The number of carbonyl (C=O) groups is 1. The molecular formula is C15H26N2O. The van der Waals surface area contributed by atoms with Crippen LogP contribution in [0.15, 0.2) is 0 Å². The molecule has 0 aromatic carbocycles. The molecule has 1 saturated carbocycles. The van der Waals surface area contributed by atoms with Crippen LogP contribution in [0.25, 0.3) is 0 Å². The molecule has 0 unspecified atom stereocenters. The monoisotopic (exact) mass is 250 g/mol. The number of rotatable bonds is 2. The van der Waals surface area contributed by atoms with E-state index in [2.05, 4.69) is 5.32 Å². The highest BCUT2D eigenvalue weighted by molar-refractivity contribution is 5.78. The van der Waals surface area contributed by atoms with E-state index >= 15 is 0 Å². The lowest BCUT2D eigenvalue weighted by Crippen LogP contribution is -2.34. The summed E-state index contributed by atoms with van der Waals surface area (Å²) in [5.41, 5.74) is 0. The molecule has 1 rings (SSSR count). The molecule has 1 N–H and O–H groups in total. The summed E-state index contributed by atoms with van der Waals surface area (Å²) in [6.45, 7) is 0. The molecular weight excluding hydrogens is 224 g/mol. The molecule has 0 radical (unpaired) electrons. The fraction of sp³-hybridized carbons (Fsp3) is 0.867.